The zero-order chi connectivity index (χ0) is 21.0. The number of H-pyrrole nitrogens is 1. The fourth-order valence-corrected chi connectivity index (χ4v) is 5.00. The van der Waals surface area contributed by atoms with Crippen LogP contribution in [0.4, 0.5) is 5.69 Å². The van der Waals surface area contributed by atoms with Crippen molar-refractivity contribution in [2.24, 2.45) is 11.8 Å². The van der Waals surface area contributed by atoms with Gasteiger partial charge in [0.2, 0.25) is 11.8 Å². The van der Waals surface area contributed by atoms with Crippen LogP contribution in [0.15, 0.2) is 48.7 Å². The van der Waals surface area contributed by atoms with Gasteiger partial charge < -0.3 is 14.5 Å². The van der Waals surface area contributed by atoms with Crippen LogP contribution in [0.25, 0.3) is 0 Å². The summed E-state index contributed by atoms with van der Waals surface area (Å²) in [7, 11) is 1.76. The second-order valence-corrected chi connectivity index (χ2v) is 8.85. The van der Waals surface area contributed by atoms with E-state index in [1.54, 1.807) is 23.0 Å². The molecule has 3 aliphatic rings. The first-order chi connectivity index (χ1) is 14.4. The lowest BCUT2D eigenvalue weighted by molar-refractivity contribution is -0.139. The molecule has 3 aliphatic heterocycles. The number of aromatic amines is 1. The molecule has 2 saturated heterocycles. The topological polar surface area (TPSA) is 78.5 Å². The quantitative estimate of drug-likeness (QED) is 0.774. The van der Waals surface area contributed by atoms with E-state index >= 15 is 0 Å². The van der Waals surface area contributed by atoms with Crippen molar-refractivity contribution in [3.8, 4) is 0 Å². The normalized spacial score (nSPS) is 29.1. The molecule has 1 aromatic carbocycles. The van der Waals surface area contributed by atoms with Crippen LogP contribution in [0.5, 0.6) is 0 Å². The van der Waals surface area contributed by atoms with Gasteiger partial charge >= 0.3 is 0 Å². The monoisotopic (exact) mass is 406 g/mol. The number of carbonyl (C=O) groups is 2. The molecule has 1 aromatic heterocycles. The molecule has 1 N–H and O–H groups in total. The number of hydrogen-bond donors (Lipinski definition) is 1. The Hall–Kier alpha value is -2.93. The molecule has 2 amide bonds. The molecule has 4 heterocycles. The third-order valence-electron chi connectivity index (χ3n) is 6.60. The summed E-state index contributed by atoms with van der Waals surface area (Å²) in [6, 6.07) is 9.94. The average Bonchev–Trinajstić information content (AvgIpc) is 3.50. The van der Waals surface area contributed by atoms with Crippen molar-refractivity contribution >= 4 is 17.5 Å². The highest BCUT2D eigenvalue weighted by molar-refractivity contribution is 6.03. The van der Waals surface area contributed by atoms with Gasteiger partial charge in [0, 0.05) is 18.9 Å². The Labute approximate surface area is 175 Å². The van der Waals surface area contributed by atoms with Crippen LogP contribution >= 0.6 is 0 Å². The molecule has 0 aliphatic carbocycles. The van der Waals surface area contributed by atoms with E-state index in [1.807, 2.05) is 30.4 Å². The number of carbonyl (C=O) groups excluding carboxylic acids is 2. The highest BCUT2D eigenvalue weighted by atomic mass is 16.5. The van der Waals surface area contributed by atoms with Crippen molar-refractivity contribution in [1.29, 1.82) is 0 Å². The Bertz CT molecular complexity index is 998. The molecule has 30 heavy (non-hydrogen) atoms. The van der Waals surface area contributed by atoms with Gasteiger partial charge in [-0.2, -0.15) is 5.10 Å². The molecule has 2 fully saturated rings. The van der Waals surface area contributed by atoms with Gasteiger partial charge in [-0.3, -0.25) is 14.7 Å². The minimum atomic E-state index is -0.715. The smallest absolute Gasteiger partial charge is 0.234 e. The molecule has 7 nitrogen and oxygen atoms in total. The van der Waals surface area contributed by atoms with E-state index < -0.39 is 17.4 Å². The highest BCUT2D eigenvalue weighted by Gasteiger charge is 2.67. The molecule has 5 rings (SSSR count). The summed E-state index contributed by atoms with van der Waals surface area (Å²) in [5, 5.41) is 6.81. The van der Waals surface area contributed by atoms with E-state index in [-0.39, 0.29) is 17.9 Å². The first kappa shape index (κ1) is 19.1. The number of amides is 2. The summed E-state index contributed by atoms with van der Waals surface area (Å²) in [5.74, 6) is -0.673. The van der Waals surface area contributed by atoms with E-state index in [9.17, 15) is 9.59 Å². The van der Waals surface area contributed by atoms with Crippen LogP contribution in [0.3, 0.4) is 0 Å². The summed E-state index contributed by atoms with van der Waals surface area (Å²) in [6.45, 7) is 5.15. The lowest BCUT2D eigenvalue weighted by Crippen LogP contribution is -2.44. The molecule has 1 spiro atoms. The highest BCUT2D eigenvalue weighted by Crippen LogP contribution is 2.53. The third kappa shape index (κ3) is 2.80. The lowest BCUT2D eigenvalue weighted by atomic mass is 9.76. The molecule has 4 atom stereocenters. The molecule has 0 saturated carbocycles. The zero-order valence-corrected chi connectivity index (χ0v) is 17.4. The molecule has 156 valence electrons. The first-order valence-electron chi connectivity index (χ1n) is 10.4. The number of ether oxygens (including phenoxy) is 1. The summed E-state index contributed by atoms with van der Waals surface area (Å²) < 4.78 is 6.25. The van der Waals surface area contributed by atoms with Crippen LogP contribution < -0.4 is 4.90 Å². The number of nitrogens with zero attached hydrogens (tertiary/aromatic N) is 3. The largest absolute Gasteiger partial charge is 0.360 e. The van der Waals surface area contributed by atoms with Gasteiger partial charge in [0.1, 0.15) is 5.60 Å². The van der Waals surface area contributed by atoms with E-state index in [4.69, 9.17) is 4.74 Å². The number of nitrogens with one attached hydrogen (secondary N) is 1. The van der Waals surface area contributed by atoms with Crippen molar-refractivity contribution in [2.75, 3.05) is 18.5 Å². The third-order valence-corrected chi connectivity index (χ3v) is 6.60. The Morgan fingerprint density at radius 3 is 2.77 bits per heavy atom. The van der Waals surface area contributed by atoms with Gasteiger partial charge in [-0.25, -0.2) is 0 Å². The minimum absolute atomic E-state index is 0.0348. The molecule has 0 unspecified atom stereocenters. The summed E-state index contributed by atoms with van der Waals surface area (Å²) in [6.07, 6.45) is 5.25. The number of aromatic nitrogens is 2. The van der Waals surface area contributed by atoms with Gasteiger partial charge in [-0.15, -0.1) is 0 Å². The lowest BCUT2D eigenvalue weighted by Gasteiger charge is -2.27. The standard InChI is InChI=1S/C23H26N4O3/c1-14(2)15-4-6-17(7-5-15)27-13-23-10-8-18(30-23)19(20(23)22(27)29)21(28)26(3)12-16-9-11-24-25-16/h4-11,14,18-20H,12-13H2,1-3H3,(H,24,25)/t18-,19+,20-,23-/m0/s1. The fraction of sp³-hybridized carbons (Fsp3) is 0.435. The molecule has 2 bridgehead atoms. The van der Waals surface area contributed by atoms with E-state index in [0.29, 0.717) is 19.0 Å². The van der Waals surface area contributed by atoms with Crippen LogP contribution in [0, 0.1) is 11.8 Å². The predicted octanol–water partition coefficient (Wildman–Crippen LogP) is 2.48. The van der Waals surface area contributed by atoms with Crippen molar-refractivity contribution < 1.29 is 14.3 Å². The van der Waals surface area contributed by atoms with Crippen LogP contribution in [-0.4, -0.2) is 52.2 Å². The fourth-order valence-electron chi connectivity index (χ4n) is 5.00. The maximum Gasteiger partial charge on any atom is 0.234 e. The number of rotatable bonds is 5. The molecule has 2 aromatic rings. The number of benzene rings is 1. The van der Waals surface area contributed by atoms with Crippen molar-refractivity contribution in [1.82, 2.24) is 15.1 Å². The van der Waals surface area contributed by atoms with Gasteiger partial charge in [0.05, 0.1) is 36.7 Å². The van der Waals surface area contributed by atoms with E-state index in [0.717, 1.165) is 11.4 Å². The molecule has 0 radical (unpaired) electrons. The maximum atomic E-state index is 13.5. The van der Waals surface area contributed by atoms with Crippen molar-refractivity contribution in [3.05, 3.63) is 59.9 Å². The number of hydrogen-bond acceptors (Lipinski definition) is 4. The Kier molecular flexibility index (Phi) is 4.32. The van der Waals surface area contributed by atoms with Crippen molar-refractivity contribution in [2.45, 2.75) is 38.0 Å². The Morgan fingerprint density at radius 2 is 2.10 bits per heavy atom. The summed E-state index contributed by atoms with van der Waals surface area (Å²) in [4.78, 5) is 30.2. The first-order valence-corrected chi connectivity index (χ1v) is 10.4. The van der Waals surface area contributed by atoms with Crippen molar-refractivity contribution in [3.63, 3.8) is 0 Å². The van der Waals surface area contributed by atoms with Gasteiger partial charge in [-0.05, 0) is 29.7 Å². The van der Waals surface area contributed by atoms with E-state index in [2.05, 4.69) is 36.2 Å². The van der Waals surface area contributed by atoms with Gasteiger partial charge in [-0.1, -0.05) is 38.1 Å². The molecular formula is C23H26N4O3. The van der Waals surface area contributed by atoms with Gasteiger partial charge in [0.15, 0.2) is 0 Å². The summed E-state index contributed by atoms with van der Waals surface area (Å²) >= 11 is 0. The zero-order valence-electron chi connectivity index (χ0n) is 17.4. The predicted molar refractivity (Wildman–Crippen MR) is 112 cm³/mol. The van der Waals surface area contributed by atoms with Crippen LogP contribution in [0.2, 0.25) is 0 Å². The number of fused-ring (bicyclic) bond motifs is 1. The van der Waals surface area contributed by atoms with Crippen LogP contribution in [0.1, 0.15) is 31.0 Å². The summed E-state index contributed by atoms with van der Waals surface area (Å²) in [5.41, 5.74) is 2.22. The minimum Gasteiger partial charge on any atom is -0.360 e. The second-order valence-electron chi connectivity index (χ2n) is 8.85. The maximum absolute atomic E-state index is 13.5. The van der Waals surface area contributed by atoms with Crippen LogP contribution in [-0.2, 0) is 20.9 Å². The van der Waals surface area contributed by atoms with E-state index in [1.165, 1.54) is 5.56 Å². The molecule has 7 heteroatoms. The Morgan fingerprint density at radius 1 is 1.33 bits per heavy atom. The number of anilines is 1. The molecular weight excluding hydrogens is 380 g/mol. The van der Waals surface area contributed by atoms with Gasteiger partial charge in [0.25, 0.3) is 0 Å². The SMILES string of the molecule is CC(C)c1ccc(N2C[C@]34C=C[C@H](O3)[C@@H](C(=O)N(C)Cc3ccn[nH]3)[C@H]4C2=O)cc1. The Balaban J connectivity index is 1.40. The average molecular weight is 406 g/mol. The second kappa shape index (κ2) is 6.80.